The first-order valence-corrected chi connectivity index (χ1v) is 5.83. The zero-order chi connectivity index (χ0) is 13.9. The van der Waals surface area contributed by atoms with Crippen molar-refractivity contribution in [3.05, 3.63) is 47.0 Å². The van der Waals surface area contributed by atoms with Crippen molar-refractivity contribution < 1.29 is 17.6 Å². The molecule has 0 fully saturated rings. The second-order valence-corrected chi connectivity index (χ2v) is 4.22. The van der Waals surface area contributed by atoms with Crippen molar-refractivity contribution in [2.75, 3.05) is 11.9 Å². The van der Waals surface area contributed by atoms with Crippen molar-refractivity contribution in [2.45, 2.75) is 12.6 Å². The molecule has 0 unspecified atom stereocenters. The van der Waals surface area contributed by atoms with Crippen LogP contribution in [0.2, 0.25) is 5.02 Å². The zero-order valence-corrected chi connectivity index (χ0v) is 10.4. The maximum absolute atomic E-state index is 12.4. The summed E-state index contributed by atoms with van der Waals surface area (Å²) in [7, 11) is 0. The Hall–Kier alpha value is -1.69. The van der Waals surface area contributed by atoms with Gasteiger partial charge in [-0.15, -0.1) is 0 Å². The Balaban J connectivity index is 1.97. The van der Waals surface area contributed by atoms with Gasteiger partial charge in [0, 0.05) is 19.2 Å². The van der Waals surface area contributed by atoms with Crippen LogP contribution in [0.5, 0.6) is 0 Å². The van der Waals surface area contributed by atoms with Gasteiger partial charge in [0.05, 0.1) is 16.8 Å². The molecule has 3 nitrogen and oxygen atoms in total. The number of halogens is 4. The van der Waals surface area contributed by atoms with Gasteiger partial charge in [-0.05, 0) is 18.2 Å². The average molecular weight is 291 g/mol. The van der Waals surface area contributed by atoms with E-state index in [4.69, 9.17) is 16.0 Å². The summed E-state index contributed by atoms with van der Waals surface area (Å²) in [6, 6.07) is 4.42. The SMILES string of the molecule is FC(F)(F)c1cnc(NCCc2ccco2)c(Cl)c1. The molecule has 0 aliphatic carbocycles. The number of rotatable bonds is 4. The summed E-state index contributed by atoms with van der Waals surface area (Å²) < 4.78 is 42.3. The highest BCUT2D eigenvalue weighted by Gasteiger charge is 2.31. The standard InChI is InChI=1S/C12H10ClF3N2O/c13-10-6-8(12(14,15)16)7-18-11(10)17-4-3-9-2-1-5-19-9/h1-2,5-7H,3-4H2,(H,17,18). The van der Waals surface area contributed by atoms with Gasteiger partial charge in [0.2, 0.25) is 0 Å². The van der Waals surface area contributed by atoms with Crippen molar-refractivity contribution >= 4 is 17.4 Å². The second kappa shape index (κ2) is 5.52. The fourth-order valence-electron chi connectivity index (χ4n) is 1.48. The molecule has 0 saturated heterocycles. The first-order valence-electron chi connectivity index (χ1n) is 5.46. The molecule has 0 spiro atoms. The number of hydrogen-bond acceptors (Lipinski definition) is 3. The predicted octanol–water partition coefficient (Wildman–Crippen LogP) is 4.00. The number of anilines is 1. The van der Waals surface area contributed by atoms with Crippen LogP contribution in [0.3, 0.4) is 0 Å². The monoisotopic (exact) mass is 290 g/mol. The number of nitrogens with zero attached hydrogens (tertiary/aromatic N) is 1. The molecule has 0 saturated carbocycles. The van der Waals surface area contributed by atoms with Crippen LogP contribution in [-0.4, -0.2) is 11.5 Å². The van der Waals surface area contributed by atoms with Crippen LogP contribution >= 0.6 is 11.6 Å². The van der Waals surface area contributed by atoms with Gasteiger partial charge < -0.3 is 9.73 Å². The van der Waals surface area contributed by atoms with E-state index >= 15 is 0 Å². The smallest absolute Gasteiger partial charge is 0.417 e. The number of pyridine rings is 1. The van der Waals surface area contributed by atoms with E-state index < -0.39 is 11.7 Å². The highest BCUT2D eigenvalue weighted by molar-refractivity contribution is 6.32. The van der Waals surface area contributed by atoms with Crippen molar-refractivity contribution in [1.82, 2.24) is 4.98 Å². The Bertz CT molecular complexity index is 540. The Morgan fingerprint density at radius 1 is 1.37 bits per heavy atom. The Morgan fingerprint density at radius 3 is 2.74 bits per heavy atom. The lowest BCUT2D eigenvalue weighted by Crippen LogP contribution is -2.09. The molecule has 0 aliphatic rings. The minimum absolute atomic E-state index is 0.0609. The molecule has 0 radical (unpaired) electrons. The molecule has 2 aromatic rings. The topological polar surface area (TPSA) is 38.1 Å². The third-order valence-corrected chi connectivity index (χ3v) is 2.70. The molecule has 102 valence electrons. The van der Waals surface area contributed by atoms with Crippen molar-refractivity contribution in [3.63, 3.8) is 0 Å². The number of hydrogen-bond donors (Lipinski definition) is 1. The lowest BCUT2D eigenvalue weighted by molar-refractivity contribution is -0.137. The van der Waals surface area contributed by atoms with Gasteiger partial charge in [-0.2, -0.15) is 13.2 Å². The highest BCUT2D eigenvalue weighted by atomic mass is 35.5. The van der Waals surface area contributed by atoms with Gasteiger partial charge in [-0.3, -0.25) is 0 Å². The molecule has 7 heteroatoms. The van der Waals surface area contributed by atoms with Crippen LogP contribution in [0.25, 0.3) is 0 Å². The number of alkyl halides is 3. The first kappa shape index (κ1) is 13.7. The van der Waals surface area contributed by atoms with Gasteiger partial charge in [0.25, 0.3) is 0 Å². The lowest BCUT2D eigenvalue weighted by atomic mass is 10.2. The third kappa shape index (κ3) is 3.64. The molecule has 2 rings (SSSR count). The molecule has 19 heavy (non-hydrogen) atoms. The van der Waals surface area contributed by atoms with Crippen molar-refractivity contribution in [1.29, 1.82) is 0 Å². The van der Waals surface area contributed by atoms with Gasteiger partial charge >= 0.3 is 6.18 Å². The molecule has 2 heterocycles. The Kier molecular flexibility index (Phi) is 3.99. The predicted molar refractivity (Wildman–Crippen MR) is 65.2 cm³/mol. The van der Waals surface area contributed by atoms with Crippen LogP contribution in [0.4, 0.5) is 19.0 Å². The zero-order valence-electron chi connectivity index (χ0n) is 9.67. The Labute approximate surface area is 112 Å². The average Bonchev–Trinajstić information content (AvgIpc) is 2.83. The third-order valence-electron chi connectivity index (χ3n) is 2.41. The minimum atomic E-state index is -4.44. The van der Waals surface area contributed by atoms with Crippen LogP contribution in [0.15, 0.2) is 35.1 Å². The van der Waals surface area contributed by atoms with Gasteiger partial charge in [0.15, 0.2) is 0 Å². The molecule has 0 amide bonds. The summed E-state index contributed by atoms with van der Waals surface area (Å²) in [6.07, 6.45) is -1.55. The van der Waals surface area contributed by atoms with Crippen molar-refractivity contribution in [2.24, 2.45) is 0 Å². The number of aromatic nitrogens is 1. The summed E-state index contributed by atoms with van der Waals surface area (Å²) in [5.74, 6) is 0.997. The highest BCUT2D eigenvalue weighted by Crippen LogP contribution is 2.32. The van der Waals surface area contributed by atoms with E-state index in [0.29, 0.717) is 13.0 Å². The van der Waals surface area contributed by atoms with Gasteiger partial charge in [-0.1, -0.05) is 11.6 Å². The molecule has 0 atom stereocenters. The van der Waals surface area contributed by atoms with Gasteiger partial charge in [-0.25, -0.2) is 4.98 Å². The maximum Gasteiger partial charge on any atom is 0.417 e. The quantitative estimate of drug-likeness (QED) is 0.925. The number of furan rings is 1. The number of nitrogens with one attached hydrogen (secondary N) is 1. The van der Waals surface area contributed by atoms with E-state index in [2.05, 4.69) is 10.3 Å². The van der Waals surface area contributed by atoms with Crippen molar-refractivity contribution in [3.8, 4) is 0 Å². The normalized spacial score (nSPS) is 11.6. The van der Waals surface area contributed by atoms with E-state index in [0.717, 1.165) is 18.0 Å². The van der Waals surface area contributed by atoms with E-state index in [9.17, 15) is 13.2 Å². The maximum atomic E-state index is 12.4. The molecule has 0 bridgehead atoms. The molecule has 1 N–H and O–H groups in total. The summed E-state index contributed by atoms with van der Waals surface area (Å²) >= 11 is 5.75. The molecule has 0 aliphatic heterocycles. The molecular weight excluding hydrogens is 281 g/mol. The fraction of sp³-hybridized carbons (Fsp3) is 0.250. The Morgan fingerprint density at radius 2 is 2.16 bits per heavy atom. The molecular formula is C12H10ClF3N2O. The van der Waals surface area contributed by atoms with Crippen LogP contribution in [0.1, 0.15) is 11.3 Å². The summed E-state index contributed by atoms with van der Waals surface area (Å²) in [5, 5.41) is 2.80. The first-order chi connectivity index (χ1) is 8.97. The summed E-state index contributed by atoms with van der Waals surface area (Å²) in [5.41, 5.74) is -0.867. The summed E-state index contributed by atoms with van der Waals surface area (Å²) in [4.78, 5) is 3.67. The van der Waals surface area contributed by atoms with E-state index in [1.165, 1.54) is 0 Å². The largest absolute Gasteiger partial charge is 0.469 e. The minimum Gasteiger partial charge on any atom is -0.469 e. The van der Waals surface area contributed by atoms with E-state index in [1.807, 2.05) is 6.07 Å². The van der Waals surface area contributed by atoms with Crippen LogP contribution in [-0.2, 0) is 12.6 Å². The summed E-state index contributed by atoms with van der Waals surface area (Å²) in [6.45, 7) is 0.464. The second-order valence-electron chi connectivity index (χ2n) is 3.81. The van der Waals surface area contributed by atoms with Gasteiger partial charge in [0.1, 0.15) is 11.6 Å². The van der Waals surface area contributed by atoms with Crippen LogP contribution < -0.4 is 5.32 Å². The van der Waals surface area contributed by atoms with E-state index in [1.54, 1.807) is 12.3 Å². The fourth-order valence-corrected chi connectivity index (χ4v) is 1.72. The molecule has 0 aromatic carbocycles. The van der Waals surface area contributed by atoms with E-state index in [-0.39, 0.29) is 10.8 Å². The van der Waals surface area contributed by atoms with Crippen LogP contribution in [0, 0.1) is 0 Å². The lowest BCUT2D eigenvalue weighted by Gasteiger charge is -2.10. The molecule has 2 aromatic heterocycles.